The molecular weight excluding hydrogens is 252 g/mol. The van der Waals surface area contributed by atoms with Gasteiger partial charge in [0.1, 0.15) is 6.10 Å². The van der Waals surface area contributed by atoms with Crippen LogP contribution in [0.15, 0.2) is 24.3 Å². The summed E-state index contributed by atoms with van der Waals surface area (Å²) in [5.41, 5.74) is 1.59. The Balaban J connectivity index is 2.71. The number of halogens is 1. The molecule has 0 aliphatic heterocycles. The number of benzene rings is 1. The van der Waals surface area contributed by atoms with Gasteiger partial charge in [0, 0.05) is 19.3 Å². The number of nitriles is 1. The summed E-state index contributed by atoms with van der Waals surface area (Å²) in [6.45, 7) is 0.655. The van der Waals surface area contributed by atoms with Crippen molar-refractivity contribution in [2.75, 3.05) is 24.4 Å². The van der Waals surface area contributed by atoms with Crippen molar-refractivity contribution in [3.8, 4) is 6.07 Å². The van der Waals surface area contributed by atoms with E-state index in [9.17, 15) is 10.2 Å². The van der Waals surface area contributed by atoms with Gasteiger partial charge in [-0.3, -0.25) is 0 Å². The fourth-order valence-electron chi connectivity index (χ4n) is 1.58. The zero-order valence-electron chi connectivity index (χ0n) is 10.3. The Morgan fingerprint density at radius 3 is 2.44 bits per heavy atom. The van der Waals surface area contributed by atoms with Crippen LogP contribution in [0.25, 0.3) is 0 Å². The third kappa shape index (κ3) is 3.88. The molecule has 0 fully saturated rings. The van der Waals surface area contributed by atoms with Crippen molar-refractivity contribution in [1.29, 1.82) is 5.26 Å². The van der Waals surface area contributed by atoms with E-state index in [1.54, 1.807) is 12.1 Å². The molecule has 0 amide bonds. The number of alkyl halides is 1. The Morgan fingerprint density at radius 2 is 1.94 bits per heavy atom. The minimum absolute atomic E-state index is 0.00894. The number of hydrogen-bond donors (Lipinski definition) is 2. The molecule has 1 aromatic rings. The van der Waals surface area contributed by atoms with Crippen LogP contribution in [0.1, 0.15) is 18.1 Å². The quantitative estimate of drug-likeness (QED) is 0.770. The maximum atomic E-state index is 9.77. The zero-order valence-corrected chi connectivity index (χ0v) is 11.0. The molecule has 4 nitrogen and oxygen atoms in total. The van der Waals surface area contributed by atoms with E-state index >= 15 is 0 Å². The van der Waals surface area contributed by atoms with Crippen LogP contribution in [-0.4, -0.2) is 35.8 Å². The molecule has 0 saturated heterocycles. The largest absolute Gasteiger partial charge is 0.389 e. The normalized spacial score (nSPS) is 13.7. The van der Waals surface area contributed by atoms with E-state index in [1.807, 2.05) is 24.1 Å². The summed E-state index contributed by atoms with van der Waals surface area (Å²) in [5.74, 6) is -0.00894. The Kier molecular flexibility index (Phi) is 5.93. The molecule has 0 radical (unpaired) electrons. The van der Waals surface area contributed by atoms with Crippen LogP contribution in [-0.2, 0) is 0 Å². The van der Waals surface area contributed by atoms with Crippen LogP contribution >= 0.6 is 11.6 Å². The molecule has 1 rings (SSSR count). The molecule has 5 heteroatoms. The number of nitrogens with zero attached hydrogens (tertiary/aromatic N) is 2. The smallest absolute Gasteiger partial charge is 0.106 e. The van der Waals surface area contributed by atoms with Gasteiger partial charge in [0.2, 0.25) is 0 Å². The SMILES string of the molecule is CN(CCC#N)c1ccc(C(O)C(O)CCl)cc1. The number of rotatable bonds is 6. The summed E-state index contributed by atoms with van der Waals surface area (Å²) in [5, 5.41) is 27.7. The number of aliphatic hydroxyl groups excluding tert-OH is 2. The lowest BCUT2D eigenvalue weighted by Crippen LogP contribution is -2.20. The summed E-state index contributed by atoms with van der Waals surface area (Å²) < 4.78 is 0. The van der Waals surface area contributed by atoms with Crippen LogP contribution in [0.3, 0.4) is 0 Å². The summed E-state index contributed by atoms with van der Waals surface area (Å²) >= 11 is 5.49. The maximum Gasteiger partial charge on any atom is 0.106 e. The van der Waals surface area contributed by atoms with Gasteiger partial charge in [0.05, 0.1) is 24.5 Å². The van der Waals surface area contributed by atoms with Crippen LogP contribution in [0, 0.1) is 11.3 Å². The van der Waals surface area contributed by atoms with E-state index in [0.29, 0.717) is 18.5 Å². The highest BCUT2D eigenvalue weighted by Gasteiger charge is 2.17. The predicted octanol–water partition coefficient (Wildman–Crippen LogP) is 1.67. The van der Waals surface area contributed by atoms with Gasteiger partial charge in [-0.2, -0.15) is 5.26 Å². The fourth-order valence-corrected chi connectivity index (χ4v) is 1.75. The first-order valence-corrected chi connectivity index (χ1v) is 6.23. The van der Waals surface area contributed by atoms with Gasteiger partial charge in [0.15, 0.2) is 0 Å². The molecule has 0 saturated carbocycles. The molecule has 0 spiro atoms. The molecule has 2 atom stereocenters. The van der Waals surface area contributed by atoms with Crippen molar-refractivity contribution in [2.45, 2.75) is 18.6 Å². The van der Waals surface area contributed by atoms with E-state index in [2.05, 4.69) is 6.07 Å². The highest BCUT2D eigenvalue weighted by molar-refractivity contribution is 6.18. The molecule has 98 valence electrons. The topological polar surface area (TPSA) is 67.5 Å². The van der Waals surface area contributed by atoms with Gasteiger partial charge in [0.25, 0.3) is 0 Å². The second-order valence-electron chi connectivity index (χ2n) is 4.09. The summed E-state index contributed by atoms with van der Waals surface area (Å²) in [6.07, 6.45) is -1.47. The molecule has 0 bridgehead atoms. The van der Waals surface area contributed by atoms with Crippen molar-refractivity contribution in [3.63, 3.8) is 0 Å². The van der Waals surface area contributed by atoms with Crippen LogP contribution in [0.5, 0.6) is 0 Å². The standard InChI is InChI=1S/C13H17ClN2O2/c1-16(8-2-7-15)11-5-3-10(4-6-11)13(18)12(17)9-14/h3-6,12-13,17-18H,2,8-9H2,1H3. The van der Waals surface area contributed by atoms with Crippen molar-refractivity contribution in [3.05, 3.63) is 29.8 Å². The van der Waals surface area contributed by atoms with Crippen molar-refractivity contribution in [2.24, 2.45) is 0 Å². The Morgan fingerprint density at radius 1 is 1.33 bits per heavy atom. The lowest BCUT2D eigenvalue weighted by Gasteiger charge is -2.20. The van der Waals surface area contributed by atoms with Crippen LogP contribution in [0.4, 0.5) is 5.69 Å². The summed E-state index contributed by atoms with van der Waals surface area (Å²) in [4.78, 5) is 1.96. The molecule has 0 heterocycles. The maximum absolute atomic E-state index is 9.77. The first-order valence-electron chi connectivity index (χ1n) is 5.70. The molecule has 18 heavy (non-hydrogen) atoms. The van der Waals surface area contributed by atoms with Crippen LogP contribution in [0.2, 0.25) is 0 Å². The molecule has 2 N–H and O–H groups in total. The minimum Gasteiger partial charge on any atom is -0.389 e. The molecule has 0 aliphatic carbocycles. The van der Waals surface area contributed by atoms with Gasteiger partial charge in [-0.05, 0) is 17.7 Å². The van der Waals surface area contributed by atoms with Gasteiger partial charge in [-0.1, -0.05) is 12.1 Å². The molecule has 0 aromatic heterocycles. The Bertz CT molecular complexity index is 402. The second-order valence-corrected chi connectivity index (χ2v) is 4.40. The van der Waals surface area contributed by atoms with E-state index < -0.39 is 12.2 Å². The van der Waals surface area contributed by atoms with E-state index in [4.69, 9.17) is 16.9 Å². The minimum atomic E-state index is -0.971. The van der Waals surface area contributed by atoms with Crippen LogP contribution < -0.4 is 4.90 Å². The van der Waals surface area contributed by atoms with Gasteiger partial charge in [-0.25, -0.2) is 0 Å². The number of anilines is 1. The first kappa shape index (κ1) is 14.8. The third-order valence-corrected chi connectivity index (χ3v) is 3.07. The van der Waals surface area contributed by atoms with Crippen molar-refractivity contribution >= 4 is 17.3 Å². The van der Waals surface area contributed by atoms with Crippen molar-refractivity contribution < 1.29 is 10.2 Å². The van der Waals surface area contributed by atoms with E-state index in [-0.39, 0.29) is 5.88 Å². The lowest BCUT2D eigenvalue weighted by molar-refractivity contribution is 0.0327. The second kappa shape index (κ2) is 7.22. The van der Waals surface area contributed by atoms with E-state index in [1.165, 1.54) is 0 Å². The average molecular weight is 269 g/mol. The van der Waals surface area contributed by atoms with Gasteiger partial charge >= 0.3 is 0 Å². The molecule has 0 aliphatic rings. The first-order chi connectivity index (χ1) is 8.60. The highest BCUT2D eigenvalue weighted by Crippen LogP contribution is 2.21. The Labute approximate surface area is 112 Å². The Hall–Kier alpha value is -1.28. The summed E-state index contributed by atoms with van der Waals surface area (Å²) in [6, 6.07) is 9.28. The zero-order chi connectivity index (χ0) is 13.5. The fraction of sp³-hybridized carbons (Fsp3) is 0.462. The lowest BCUT2D eigenvalue weighted by atomic mass is 10.0. The number of aliphatic hydroxyl groups is 2. The summed E-state index contributed by atoms with van der Waals surface area (Å²) in [7, 11) is 1.90. The predicted molar refractivity (Wildman–Crippen MR) is 71.6 cm³/mol. The average Bonchev–Trinajstić information content (AvgIpc) is 2.43. The third-order valence-electron chi connectivity index (χ3n) is 2.76. The van der Waals surface area contributed by atoms with E-state index in [0.717, 1.165) is 5.69 Å². The molecular formula is C13H17ClN2O2. The van der Waals surface area contributed by atoms with Gasteiger partial charge in [-0.15, -0.1) is 11.6 Å². The monoisotopic (exact) mass is 268 g/mol. The molecule has 2 unspecified atom stereocenters. The van der Waals surface area contributed by atoms with Gasteiger partial charge < -0.3 is 15.1 Å². The highest BCUT2D eigenvalue weighted by atomic mass is 35.5. The number of hydrogen-bond acceptors (Lipinski definition) is 4. The molecule has 1 aromatic carbocycles. The van der Waals surface area contributed by atoms with Crippen molar-refractivity contribution in [1.82, 2.24) is 0 Å².